The molecule has 0 saturated carbocycles. The SMILES string of the molecule is CN1CCC(c2ccc3c4c(cccc24)N(C2CCC(=O)N(I)C2=O)C3=O)C1. The van der Waals surface area contributed by atoms with E-state index in [9.17, 15) is 14.4 Å². The molecule has 0 spiro atoms. The van der Waals surface area contributed by atoms with Crippen molar-refractivity contribution in [1.82, 2.24) is 8.01 Å². The van der Waals surface area contributed by atoms with Gasteiger partial charge in [-0.3, -0.25) is 19.3 Å². The Hall–Kier alpha value is -2.00. The van der Waals surface area contributed by atoms with Crippen molar-refractivity contribution in [2.75, 3.05) is 25.0 Å². The van der Waals surface area contributed by atoms with Crippen molar-refractivity contribution in [2.45, 2.75) is 31.2 Å². The van der Waals surface area contributed by atoms with Crippen molar-refractivity contribution < 1.29 is 14.4 Å². The summed E-state index contributed by atoms with van der Waals surface area (Å²) in [5.41, 5.74) is 2.73. The molecule has 144 valence electrons. The van der Waals surface area contributed by atoms with Gasteiger partial charge in [0.2, 0.25) is 5.91 Å². The van der Waals surface area contributed by atoms with Crippen molar-refractivity contribution in [3.63, 3.8) is 0 Å². The zero-order valence-corrected chi connectivity index (χ0v) is 17.7. The van der Waals surface area contributed by atoms with E-state index in [1.165, 1.54) is 5.56 Å². The largest absolute Gasteiger partial charge is 0.306 e. The Morgan fingerprint density at radius 3 is 2.64 bits per heavy atom. The molecular weight excluding hydrogens is 469 g/mol. The maximum atomic E-state index is 13.3. The molecule has 3 aliphatic heterocycles. The number of carbonyl (C=O) groups is 3. The van der Waals surface area contributed by atoms with Crippen molar-refractivity contribution in [3.05, 3.63) is 41.5 Å². The molecule has 0 radical (unpaired) electrons. The summed E-state index contributed by atoms with van der Waals surface area (Å²) in [7, 11) is 2.14. The summed E-state index contributed by atoms with van der Waals surface area (Å²) in [5, 5.41) is 2.06. The summed E-state index contributed by atoms with van der Waals surface area (Å²) in [6, 6.07) is 9.36. The molecule has 2 saturated heterocycles. The predicted molar refractivity (Wildman–Crippen MR) is 115 cm³/mol. The van der Waals surface area contributed by atoms with Crippen molar-refractivity contribution >= 4 is 57.0 Å². The van der Waals surface area contributed by atoms with Gasteiger partial charge in [0.25, 0.3) is 11.8 Å². The minimum absolute atomic E-state index is 0.140. The number of benzene rings is 2. The van der Waals surface area contributed by atoms with Gasteiger partial charge < -0.3 is 4.90 Å². The fourth-order valence-electron chi connectivity index (χ4n) is 4.86. The van der Waals surface area contributed by atoms with Crippen molar-refractivity contribution in [3.8, 4) is 0 Å². The zero-order chi connectivity index (χ0) is 19.6. The first kappa shape index (κ1) is 18.1. The smallest absolute Gasteiger partial charge is 0.261 e. The summed E-state index contributed by atoms with van der Waals surface area (Å²) in [4.78, 5) is 41.8. The Kier molecular flexibility index (Phi) is 4.20. The molecule has 7 heteroatoms. The summed E-state index contributed by atoms with van der Waals surface area (Å²) in [6.07, 6.45) is 1.75. The molecule has 0 aromatic heterocycles. The van der Waals surface area contributed by atoms with Crippen LogP contribution in [0.2, 0.25) is 0 Å². The lowest BCUT2D eigenvalue weighted by molar-refractivity contribution is -0.140. The van der Waals surface area contributed by atoms with Gasteiger partial charge in [0.05, 0.1) is 28.6 Å². The Labute approximate surface area is 176 Å². The number of amides is 3. The number of likely N-dealkylation sites (N-methyl/N-ethyl adjacent to an activating group) is 1. The molecule has 5 rings (SSSR count). The minimum Gasteiger partial charge on any atom is -0.306 e. The normalized spacial score (nSPS) is 25.4. The number of hydrogen-bond donors (Lipinski definition) is 0. The van der Waals surface area contributed by atoms with Gasteiger partial charge in [-0.05, 0) is 55.4 Å². The molecule has 2 unspecified atom stereocenters. The van der Waals surface area contributed by atoms with E-state index in [4.69, 9.17) is 0 Å². The number of likely N-dealkylation sites (tertiary alicyclic amines) is 1. The van der Waals surface area contributed by atoms with E-state index in [-0.39, 0.29) is 24.1 Å². The first-order chi connectivity index (χ1) is 13.5. The lowest BCUT2D eigenvalue weighted by Crippen LogP contribution is -2.52. The Balaban J connectivity index is 1.62. The number of piperidine rings is 1. The molecule has 6 nitrogen and oxygen atoms in total. The van der Waals surface area contributed by atoms with Gasteiger partial charge in [-0.25, -0.2) is 3.11 Å². The molecule has 28 heavy (non-hydrogen) atoms. The number of hydrogen-bond acceptors (Lipinski definition) is 4. The first-order valence-electron chi connectivity index (χ1n) is 9.57. The second-order valence-electron chi connectivity index (χ2n) is 7.89. The van der Waals surface area contributed by atoms with Crippen molar-refractivity contribution in [2.24, 2.45) is 0 Å². The Morgan fingerprint density at radius 2 is 1.89 bits per heavy atom. The van der Waals surface area contributed by atoms with Crippen LogP contribution in [0.1, 0.15) is 41.1 Å². The average Bonchev–Trinajstić information content (AvgIpc) is 3.24. The van der Waals surface area contributed by atoms with Gasteiger partial charge in [0, 0.05) is 23.9 Å². The van der Waals surface area contributed by atoms with Gasteiger partial charge in [0.15, 0.2) is 0 Å². The minimum atomic E-state index is -0.624. The molecule has 2 aromatic rings. The van der Waals surface area contributed by atoms with Crippen molar-refractivity contribution in [1.29, 1.82) is 0 Å². The van der Waals surface area contributed by atoms with E-state index in [1.54, 1.807) is 27.8 Å². The third-order valence-corrected chi connectivity index (χ3v) is 7.25. The molecule has 0 bridgehead atoms. The van der Waals surface area contributed by atoms with Crippen LogP contribution in [-0.4, -0.2) is 51.9 Å². The summed E-state index contributed by atoms with van der Waals surface area (Å²) in [6.45, 7) is 2.10. The number of imide groups is 1. The lowest BCUT2D eigenvalue weighted by Gasteiger charge is -2.33. The third kappa shape index (κ3) is 2.52. The molecular formula is C21H20IN3O3. The van der Waals surface area contributed by atoms with Crippen LogP contribution in [0.4, 0.5) is 5.69 Å². The van der Waals surface area contributed by atoms with Crippen LogP contribution >= 0.6 is 22.9 Å². The monoisotopic (exact) mass is 489 g/mol. The molecule has 2 fully saturated rings. The highest BCUT2D eigenvalue weighted by Crippen LogP contribution is 2.43. The topological polar surface area (TPSA) is 60.9 Å². The van der Waals surface area contributed by atoms with Crippen LogP contribution in [-0.2, 0) is 9.59 Å². The standard InChI is InChI=1S/C21H20IN3O3/c1-23-10-9-12(11-23)13-5-6-15-19-14(13)3-2-4-16(19)24(20(15)27)17-7-8-18(26)25(22)21(17)28/h2-6,12,17H,7-11H2,1H3. The second kappa shape index (κ2) is 6.52. The van der Waals surface area contributed by atoms with E-state index < -0.39 is 6.04 Å². The molecule has 2 atom stereocenters. The fraction of sp³-hybridized carbons (Fsp3) is 0.381. The number of halogens is 1. The third-order valence-electron chi connectivity index (χ3n) is 6.23. The molecule has 3 aliphatic rings. The van der Waals surface area contributed by atoms with E-state index in [2.05, 4.69) is 24.1 Å². The first-order valence-corrected chi connectivity index (χ1v) is 10.5. The lowest BCUT2D eigenvalue weighted by atomic mass is 9.91. The Bertz CT molecular complexity index is 1040. The van der Waals surface area contributed by atoms with E-state index in [1.807, 2.05) is 18.2 Å². The number of anilines is 1. The summed E-state index contributed by atoms with van der Waals surface area (Å²) < 4.78 is 1.13. The summed E-state index contributed by atoms with van der Waals surface area (Å²) >= 11 is 1.75. The number of nitrogens with zero attached hydrogens (tertiary/aromatic N) is 3. The quantitative estimate of drug-likeness (QED) is 0.370. The van der Waals surface area contributed by atoms with E-state index in [0.29, 0.717) is 17.9 Å². The van der Waals surface area contributed by atoms with Gasteiger partial charge in [0.1, 0.15) is 6.04 Å². The molecule has 3 amide bonds. The van der Waals surface area contributed by atoms with Gasteiger partial charge in [-0.15, -0.1) is 0 Å². The maximum Gasteiger partial charge on any atom is 0.261 e. The highest BCUT2D eigenvalue weighted by molar-refractivity contribution is 14.1. The van der Waals surface area contributed by atoms with Gasteiger partial charge in [-0.2, -0.15) is 0 Å². The van der Waals surface area contributed by atoms with Gasteiger partial charge in [-0.1, -0.05) is 18.2 Å². The van der Waals surface area contributed by atoms with Crippen LogP contribution < -0.4 is 4.90 Å². The second-order valence-corrected chi connectivity index (χ2v) is 8.86. The van der Waals surface area contributed by atoms with Crippen LogP contribution in [0.3, 0.4) is 0 Å². The van der Waals surface area contributed by atoms with Crippen LogP contribution in [0, 0.1) is 0 Å². The maximum absolute atomic E-state index is 13.3. The zero-order valence-electron chi connectivity index (χ0n) is 15.5. The highest BCUT2D eigenvalue weighted by atomic mass is 127. The van der Waals surface area contributed by atoms with E-state index in [0.717, 1.165) is 39.1 Å². The number of rotatable bonds is 2. The molecule has 3 heterocycles. The Morgan fingerprint density at radius 1 is 1.07 bits per heavy atom. The highest BCUT2D eigenvalue weighted by Gasteiger charge is 2.43. The van der Waals surface area contributed by atoms with Crippen LogP contribution in [0.25, 0.3) is 10.8 Å². The predicted octanol–water partition coefficient (Wildman–Crippen LogP) is 3.09. The van der Waals surface area contributed by atoms with E-state index >= 15 is 0 Å². The fourth-order valence-corrected chi connectivity index (χ4v) is 5.42. The van der Waals surface area contributed by atoms with Gasteiger partial charge >= 0.3 is 0 Å². The van der Waals surface area contributed by atoms with Crippen LogP contribution in [0.15, 0.2) is 30.3 Å². The molecule has 0 aliphatic carbocycles. The average molecular weight is 489 g/mol. The molecule has 2 aromatic carbocycles. The number of carbonyl (C=O) groups excluding carboxylic acids is 3. The van der Waals surface area contributed by atoms with Crippen LogP contribution in [0.5, 0.6) is 0 Å². The summed E-state index contributed by atoms with van der Waals surface area (Å²) in [5.74, 6) is -0.194. The molecule has 0 N–H and O–H groups in total.